The van der Waals surface area contributed by atoms with Crippen LogP contribution >= 0.6 is 11.6 Å². The standard InChI is InChI=1S/C41H55ClFN3O5Si/c1-9-34-37(33(45-46(34)6)16-13-22-48-24-25-51-52(7,8)41(3,4)5)36-32(42)21-20-31-30(39(44-38(31)36)40(47)49-10-2)15-12-23-50-35-17-11-14-27-26-28(43)18-19-29(27)35/h11,14,17-21,28,44H,9-10,12-13,15-16,22-26H2,1-8H3. The summed E-state index contributed by atoms with van der Waals surface area (Å²) in [5.74, 6) is 0.330. The van der Waals surface area contributed by atoms with E-state index in [1.807, 2.05) is 42.1 Å². The van der Waals surface area contributed by atoms with E-state index in [1.54, 1.807) is 19.1 Å². The molecule has 0 fully saturated rings. The minimum Gasteiger partial charge on any atom is -0.493 e. The van der Waals surface area contributed by atoms with Gasteiger partial charge in [0.2, 0.25) is 0 Å². The summed E-state index contributed by atoms with van der Waals surface area (Å²) in [5.41, 5.74) is 7.78. The van der Waals surface area contributed by atoms with Crippen LogP contribution < -0.4 is 4.74 Å². The summed E-state index contributed by atoms with van der Waals surface area (Å²) in [4.78, 5) is 16.8. The molecule has 0 bridgehead atoms. The number of ether oxygens (including phenoxy) is 3. The van der Waals surface area contributed by atoms with Crippen molar-refractivity contribution in [2.24, 2.45) is 7.05 Å². The summed E-state index contributed by atoms with van der Waals surface area (Å²) in [7, 11) is 0.158. The lowest BCUT2D eigenvalue weighted by Gasteiger charge is -2.36. The lowest BCUT2D eigenvalue weighted by Crippen LogP contribution is -2.41. The van der Waals surface area contributed by atoms with Gasteiger partial charge in [-0.2, -0.15) is 5.10 Å². The van der Waals surface area contributed by atoms with E-state index in [-0.39, 0.29) is 11.6 Å². The third kappa shape index (κ3) is 8.84. The third-order valence-corrected chi connectivity index (χ3v) is 15.3. The Kier molecular flexibility index (Phi) is 13.1. The van der Waals surface area contributed by atoms with E-state index >= 15 is 0 Å². The highest BCUT2D eigenvalue weighted by Gasteiger charge is 2.37. The first-order chi connectivity index (χ1) is 24.8. The monoisotopic (exact) mass is 751 g/mol. The number of alkyl halides is 1. The van der Waals surface area contributed by atoms with Crippen LogP contribution in [-0.4, -0.2) is 68.3 Å². The number of nitrogens with zero attached hydrogens (tertiary/aromatic N) is 2. The number of aryl methyl sites for hydroxylation is 3. The lowest BCUT2D eigenvalue weighted by atomic mass is 9.95. The van der Waals surface area contributed by atoms with Gasteiger partial charge in [0.05, 0.1) is 42.7 Å². The zero-order valence-electron chi connectivity index (χ0n) is 32.1. The Hall–Kier alpha value is -3.44. The molecule has 0 saturated carbocycles. The van der Waals surface area contributed by atoms with Gasteiger partial charge in [-0.25, -0.2) is 9.18 Å². The van der Waals surface area contributed by atoms with E-state index in [4.69, 9.17) is 35.3 Å². The highest BCUT2D eigenvalue weighted by molar-refractivity contribution is 6.74. The fourth-order valence-corrected chi connectivity index (χ4v) is 7.95. The predicted molar refractivity (Wildman–Crippen MR) is 211 cm³/mol. The SMILES string of the molecule is CCOC(=O)c1[nH]c2c(-c3c(CCCOCCO[Si](C)(C)C(C)(C)C)nn(C)c3CC)c(Cl)ccc2c1CCCOc1cccc2c1C=CC(F)C2. The van der Waals surface area contributed by atoms with Crippen molar-refractivity contribution in [3.8, 4) is 16.9 Å². The number of fused-ring (bicyclic) bond motifs is 2. The van der Waals surface area contributed by atoms with Crippen molar-refractivity contribution >= 4 is 42.9 Å². The van der Waals surface area contributed by atoms with E-state index in [0.29, 0.717) is 62.8 Å². The Balaban J connectivity index is 1.36. The number of halogens is 2. The quantitative estimate of drug-likeness (QED) is 0.0657. The van der Waals surface area contributed by atoms with Crippen molar-refractivity contribution in [3.05, 3.63) is 75.2 Å². The first kappa shape index (κ1) is 39.8. The normalized spacial score (nSPS) is 14.6. The molecule has 8 nitrogen and oxygen atoms in total. The van der Waals surface area contributed by atoms with E-state index in [0.717, 1.165) is 68.7 Å². The number of H-pyrrole nitrogens is 1. The highest BCUT2D eigenvalue weighted by atomic mass is 35.5. The van der Waals surface area contributed by atoms with Crippen LogP contribution in [0, 0.1) is 0 Å². The van der Waals surface area contributed by atoms with Gasteiger partial charge in [-0.15, -0.1) is 0 Å². The number of esters is 1. The van der Waals surface area contributed by atoms with Crippen LogP contribution in [0.2, 0.25) is 23.2 Å². The maximum Gasteiger partial charge on any atom is 0.355 e. The third-order valence-electron chi connectivity index (χ3n) is 10.4. The number of allylic oxidation sites excluding steroid dienone is 1. The maximum absolute atomic E-state index is 13.9. The second kappa shape index (κ2) is 17.1. The van der Waals surface area contributed by atoms with Crippen LogP contribution in [-0.2, 0) is 46.6 Å². The van der Waals surface area contributed by atoms with Crippen molar-refractivity contribution < 1.29 is 27.8 Å². The fraction of sp³-hybridized carbons (Fsp3) is 0.512. The molecule has 11 heteroatoms. The largest absolute Gasteiger partial charge is 0.493 e. The number of carbonyl (C=O) groups is 1. The predicted octanol–water partition coefficient (Wildman–Crippen LogP) is 9.85. The molecule has 0 aliphatic heterocycles. The smallest absolute Gasteiger partial charge is 0.355 e. The summed E-state index contributed by atoms with van der Waals surface area (Å²) in [6.45, 7) is 17.6. The second-order valence-electron chi connectivity index (χ2n) is 15.0. The van der Waals surface area contributed by atoms with E-state index in [1.165, 1.54) is 0 Å². The summed E-state index contributed by atoms with van der Waals surface area (Å²) >= 11 is 7.04. The van der Waals surface area contributed by atoms with Gasteiger partial charge in [0.15, 0.2) is 8.32 Å². The highest BCUT2D eigenvalue weighted by Crippen LogP contribution is 2.41. The molecule has 2 aromatic carbocycles. The molecular weight excluding hydrogens is 697 g/mol. The van der Waals surface area contributed by atoms with Crippen LogP contribution in [0.4, 0.5) is 4.39 Å². The second-order valence-corrected chi connectivity index (χ2v) is 20.2. The van der Waals surface area contributed by atoms with Crippen LogP contribution in [0.5, 0.6) is 5.75 Å². The maximum atomic E-state index is 13.9. The number of nitrogens with one attached hydrogen (secondary N) is 1. The topological polar surface area (TPSA) is 87.6 Å². The average Bonchev–Trinajstić information content (AvgIpc) is 3.61. The molecule has 2 aromatic heterocycles. The first-order valence-electron chi connectivity index (χ1n) is 18.6. The van der Waals surface area contributed by atoms with Crippen molar-refractivity contribution in [2.45, 2.75) is 97.4 Å². The number of benzene rings is 2. The molecule has 2 heterocycles. The average molecular weight is 752 g/mol. The molecular formula is C41H55ClFN3O5Si. The number of hydrogen-bond acceptors (Lipinski definition) is 6. The molecule has 5 rings (SSSR count). The number of carbonyl (C=O) groups excluding carboxylic acids is 1. The van der Waals surface area contributed by atoms with E-state index in [2.05, 4.69) is 45.8 Å². The number of aromatic nitrogens is 3. The van der Waals surface area contributed by atoms with E-state index in [9.17, 15) is 9.18 Å². The van der Waals surface area contributed by atoms with Gasteiger partial charge in [0.25, 0.3) is 0 Å². The Morgan fingerprint density at radius 3 is 2.56 bits per heavy atom. The van der Waals surface area contributed by atoms with Gasteiger partial charge in [-0.05, 0) is 86.5 Å². The zero-order chi connectivity index (χ0) is 37.6. The van der Waals surface area contributed by atoms with Gasteiger partial charge in [0, 0.05) is 47.8 Å². The molecule has 0 saturated heterocycles. The molecule has 282 valence electrons. The molecule has 1 aliphatic rings. The molecule has 1 unspecified atom stereocenters. The Morgan fingerprint density at radius 1 is 1.06 bits per heavy atom. The van der Waals surface area contributed by atoms with Gasteiger partial charge in [-0.1, -0.05) is 63.6 Å². The molecule has 0 spiro atoms. The van der Waals surface area contributed by atoms with Crippen LogP contribution in [0.3, 0.4) is 0 Å². The fourth-order valence-electron chi connectivity index (χ4n) is 6.67. The van der Waals surface area contributed by atoms with Crippen molar-refractivity contribution in [1.29, 1.82) is 0 Å². The Labute approximate surface area is 314 Å². The van der Waals surface area contributed by atoms with Gasteiger partial charge in [-0.3, -0.25) is 4.68 Å². The summed E-state index contributed by atoms with van der Waals surface area (Å²) in [6.07, 6.45) is 6.24. The molecule has 1 atom stereocenters. The molecule has 52 heavy (non-hydrogen) atoms. The molecule has 1 N–H and O–H groups in total. The van der Waals surface area contributed by atoms with Crippen molar-refractivity contribution in [3.63, 3.8) is 0 Å². The number of hydrogen-bond donors (Lipinski definition) is 1. The van der Waals surface area contributed by atoms with Crippen molar-refractivity contribution in [1.82, 2.24) is 14.8 Å². The molecule has 0 amide bonds. The molecule has 4 aromatic rings. The van der Waals surface area contributed by atoms with Crippen LogP contribution in [0.25, 0.3) is 28.1 Å². The van der Waals surface area contributed by atoms with Gasteiger partial charge < -0.3 is 23.6 Å². The lowest BCUT2D eigenvalue weighted by molar-refractivity contribution is 0.0519. The van der Waals surface area contributed by atoms with Gasteiger partial charge >= 0.3 is 5.97 Å². The van der Waals surface area contributed by atoms with E-state index < -0.39 is 20.5 Å². The van der Waals surface area contributed by atoms with Crippen LogP contribution in [0.15, 0.2) is 36.4 Å². The molecule has 0 radical (unpaired) electrons. The zero-order valence-corrected chi connectivity index (χ0v) is 33.8. The summed E-state index contributed by atoms with van der Waals surface area (Å²) in [6, 6.07) is 9.64. The van der Waals surface area contributed by atoms with Gasteiger partial charge in [0.1, 0.15) is 17.6 Å². The Morgan fingerprint density at radius 2 is 1.83 bits per heavy atom. The minimum absolute atomic E-state index is 0.165. The van der Waals surface area contributed by atoms with Crippen molar-refractivity contribution in [2.75, 3.05) is 33.0 Å². The Bertz CT molecular complexity index is 1890. The number of rotatable bonds is 17. The summed E-state index contributed by atoms with van der Waals surface area (Å²) < 4.78 is 39.9. The molecule has 1 aliphatic carbocycles. The first-order valence-corrected chi connectivity index (χ1v) is 21.9. The summed E-state index contributed by atoms with van der Waals surface area (Å²) in [5, 5.41) is 6.62. The van der Waals surface area contributed by atoms with Crippen LogP contribution in [0.1, 0.15) is 86.0 Å². The number of aromatic amines is 1. The minimum atomic E-state index is -1.81.